The van der Waals surface area contributed by atoms with Crippen LogP contribution in [0, 0.1) is 0 Å². The highest BCUT2D eigenvalue weighted by atomic mass is 16.5. The smallest absolute Gasteiger partial charge is 0.121 e. The van der Waals surface area contributed by atoms with Crippen LogP contribution in [0.2, 0.25) is 0 Å². The normalized spacial score (nSPS) is 10.5. The van der Waals surface area contributed by atoms with Crippen molar-refractivity contribution in [1.82, 2.24) is 9.55 Å². The number of benzene rings is 1. The maximum Gasteiger partial charge on any atom is 0.121 e. The summed E-state index contributed by atoms with van der Waals surface area (Å²) >= 11 is 0. The molecular weight excluding hydrogens is 254 g/mol. The molecular formula is C15H21N3O2. The summed E-state index contributed by atoms with van der Waals surface area (Å²) < 4.78 is 12.7. The lowest BCUT2D eigenvalue weighted by Gasteiger charge is -2.10. The highest BCUT2D eigenvalue weighted by Gasteiger charge is 2.01. The van der Waals surface area contributed by atoms with E-state index in [0.29, 0.717) is 13.2 Å². The summed E-state index contributed by atoms with van der Waals surface area (Å²) in [5.74, 6) is 0.844. The maximum absolute atomic E-state index is 5.59. The van der Waals surface area contributed by atoms with E-state index in [2.05, 4.69) is 21.8 Å². The van der Waals surface area contributed by atoms with Gasteiger partial charge in [0.2, 0.25) is 0 Å². The highest BCUT2D eigenvalue weighted by molar-refractivity contribution is 5.48. The van der Waals surface area contributed by atoms with E-state index < -0.39 is 0 Å². The van der Waals surface area contributed by atoms with Crippen LogP contribution in [0.15, 0.2) is 36.8 Å². The average Bonchev–Trinajstić information content (AvgIpc) is 2.93. The van der Waals surface area contributed by atoms with Crippen LogP contribution in [0.3, 0.4) is 0 Å². The Kier molecular flexibility index (Phi) is 5.43. The first-order chi connectivity index (χ1) is 9.83. The molecule has 0 aliphatic rings. The van der Waals surface area contributed by atoms with Crippen LogP contribution in [0.1, 0.15) is 12.6 Å². The van der Waals surface area contributed by atoms with Crippen LogP contribution >= 0.6 is 0 Å². The number of hydrogen-bond donors (Lipinski definition) is 1. The Hall–Kier alpha value is -2.01. The van der Waals surface area contributed by atoms with E-state index in [4.69, 9.17) is 9.47 Å². The van der Waals surface area contributed by atoms with Crippen LogP contribution in [0.4, 0.5) is 5.69 Å². The van der Waals surface area contributed by atoms with Crippen molar-refractivity contribution in [2.75, 3.05) is 25.6 Å². The van der Waals surface area contributed by atoms with Gasteiger partial charge in [-0.05, 0) is 19.1 Å². The van der Waals surface area contributed by atoms with Crippen LogP contribution in [0.5, 0.6) is 5.75 Å². The summed E-state index contributed by atoms with van der Waals surface area (Å²) in [5.41, 5.74) is 2.20. The van der Waals surface area contributed by atoms with E-state index >= 15 is 0 Å². The molecule has 1 aromatic heterocycles. The molecule has 2 rings (SSSR count). The fourth-order valence-electron chi connectivity index (χ4n) is 1.91. The van der Waals surface area contributed by atoms with Crippen molar-refractivity contribution >= 4 is 5.69 Å². The quantitative estimate of drug-likeness (QED) is 0.752. The molecule has 20 heavy (non-hydrogen) atoms. The Bertz CT molecular complexity index is 525. The summed E-state index contributed by atoms with van der Waals surface area (Å²) in [6, 6.07) is 7.93. The fourth-order valence-corrected chi connectivity index (χ4v) is 1.91. The number of rotatable bonds is 8. The number of nitrogens with zero attached hydrogens (tertiary/aromatic N) is 2. The zero-order valence-electron chi connectivity index (χ0n) is 12.0. The molecule has 0 aliphatic carbocycles. The van der Waals surface area contributed by atoms with Crippen molar-refractivity contribution in [1.29, 1.82) is 0 Å². The van der Waals surface area contributed by atoms with Gasteiger partial charge in [-0.1, -0.05) is 6.07 Å². The molecule has 108 valence electrons. The van der Waals surface area contributed by atoms with Crippen LogP contribution in [0.25, 0.3) is 0 Å². The van der Waals surface area contributed by atoms with Crippen molar-refractivity contribution in [3.63, 3.8) is 0 Å². The first-order valence-electron chi connectivity index (χ1n) is 6.78. The Morgan fingerprint density at radius 3 is 3.00 bits per heavy atom. The largest absolute Gasteiger partial charge is 0.491 e. The maximum atomic E-state index is 5.59. The number of nitrogens with one attached hydrogen (secondary N) is 1. The number of imidazole rings is 1. The number of aryl methyl sites for hydroxylation is 1. The Morgan fingerprint density at radius 1 is 1.30 bits per heavy atom. The average molecular weight is 275 g/mol. The van der Waals surface area contributed by atoms with Gasteiger partial charge in [0.05, 0.1) is 25.2 Å². The molecule has 0 amide bonds. The van der Waals surface area contributed by atoms with E-state index in [0.717, 1.165) is 24.5 Å². The molecule has 2 aromatic rings. The topological polar surface area (TPSA) is 48.3 Å². The summed E-state index contributed by atoms with van der Waals surface area (Å²) in [6.07, 6.45) is 3.73. The molecule has 1 heterocycles. The van der Waals surface area contributed by atoms with E-state index in [1.807, 2.05) is 36.8 Å². The lowest BCUT2D eigenvalue weighted by Crippen LogP contribution is -2.07. The second kappa shape index (κ2) is 7.55. The predicted molar refractivity (Wildman–Crippen MR) is 79.0 cm³/mol. The SMILES string of the molecule is CCn1cncc1CNc1cccc(OCCOC)c1. The van der Waals surface area contributed by atoms with Gasteiger partial charge >= 0.3 is 0 Å². The minimum Gasteiger partial charge on any atom is -0.491 e. The van der Waals surface area contributed by atoms with Crippen molar-refractivity contribution in [2.24, 2.45) is 0 Å². The second-order valence-corrected chi connectivity index (χ2v) is 4.39. The third-order valence-corrected chi connectivity index (χ3v) is 3.00. The monoisotopic (exact) mass is 275 g/mol. The van der Waals surface area contributed by atoms with E-state index in [9.17, 15) is 0 Å². The molecule has 0 aliphatic heterocycles. The van der Waals surface area contributed by atoms with Gasteiger partial charge in [-0.25, -0.2) is 4.98 Å². The fraction of sp³-hybridized carbons (Fsp3) is 0.400. The molecule has 0 saturated carbocycles. The van der Waals surface area contributed by atoms with Gasteiger partial charge in [0.15, 0.2) is 0 Å². The first kappa shape index (κ1) is 14.4. The van der Waals surface area contributed by atoms with Crippen molar-refractivity contribution in [2.45, 2.75) is 20.0 Å². The summed E-state index contributed by atoms with van der Waals surface area (Å²) in [5, 5.41) is 3.38. The highest BCUT2D eigenvalue weighted by Crippen LogP contribution is 2.18. The molecule has 5 heteroatoms. The molecule has 0 radical (unpaired) electrons. The Balaban J connectivity index is 1.91. The standard InChI is InChI=1S/C15H21N3O2/c1-3-18-12-16-10-14(18)11-17-13-5-4-6-15(9-13)20-8-7-19-2/h4-6,9-10,12,17H,3,7-8,11H2,1-2H3. The number of anilines is 1. The molecule has 1 N–H and O–H groups in total. The van der Waals surface area contributed by atoms with Crippen molar-refractivity contribution in [3.8, 4) is 5.75 Å². The van der Waals surface area contributed by atoms with Gasteiger partial charge in [-0.2, -0.15) is 0 Å². The lowest BCUT2D eigenvalue weighted by molar-refractivity contribution is 0.146. The zero-order chi connectivity index (χ0) is 14.2. The summed E-state index contributed by atoms with van der Waals surface area (Å²) in [6.45, 7) is 4.93. The summed E-state index contributed by atoms with van der Waals surface area (Å²) in [7, 11) is 1.66. The van der Waals surface area contributed by atoms with Crippen LogP contribution < -0.4 is 10.1 Å². The van der Waals surface area contributed by atoms with Gasteiger partial charge in [0.1, 0.15) is 12.4 Å². The molecule has 1 aromatic carbocycles. The lowest BCUT2D eigenvalue weighted by atomic mass is 10.3. The molecule has 0 saturated heterocycles. The third-order valence-electron chi connectivity index (χ3n) is 3.00. The summed E-state index contributed by atoms with van der Waals surface area (Å²) in [4.78, 5) is 4.16. The van der Waals surface area contributed by atoms with E-state index in [-0.39, 0.29) is 0 Å². The zero-order valence-corrected chi connectivity index (χ0v) is 12.0. The minimum absolute atomic E-state index is 0.558. The van der Waals surface area contributed by atoms with Crippen LogP contribution in [-0.2, 0) is 17.8 Å². The minimum atomic E-state index is 0.558. The number of aromatic nitrogens is 2. The van der Waals surface area contributed by atoms with Gasteiger partial charge in [-0.15, -0.1) is 0 Å². The van der Waals surface area contributed by atoms with Crippen LogP contribution in [-0.4, -0.2) is 29.9 Å². The first-order valence-corrected chi connectivity index (χ1v) is 6.78. The molecule has 5 nitrogen and oxygen atoms in total. The van der Waals surface area contributed by atoms with Gasteiger partial charge in [0.25, 0.3) is 0 Å². The van der Waals surface area contributed by atoms with Gasteiger partial charge < -0.3 is 19.4 Å². The second-order valence-electron chi connectivity index (χ2n) is 4.39. The number of ether oxygens (including phenoxy) is 2. The van der Waals surface area contributed by atoms with Gasteiger partial charge in [0, 0.05) is 31.6 Å². The van der Waals surface area contributed by atoms with E-state index in [1.165, 1.54) is 5.69 Å². The molecule has 0 fully saturated rings. The Morgan fingerprint density at radius 2 is 2.20 bits per heavy atom. The van der Waals surface area contributed by atoms with Crippen molar-refractivity contribution < 1.29 is 9.47 Å². The number of hydrogen-bond acceptors (Lipinski definition) is 4. The van der Waals surface area contributed by atoms with Gasteiger partial charge in [-0.3, -0.25) is 0 Å². The Labute approximate surface area is 119 Å². The van der Waals surface area contributed by atoms with Crippen molar-refractivity contribution in [3.05, 3.63) is 42.5 Å². The molecule has 0 bridgehead atoms. The number of methoxy groups -OCH3 is 1. The predicted octanol–water partition coefficient (Wildman–Crippen LogP) is 2.54. The molecule has 0 atom stereocenters. The third kappa shape index (κ3) is 3.99. The van der Waals surface area contributed by atoms with E-state index in [1.54, 1.807) is 7.11 Å². The molecule has 0 unspecified atom stereocenters. The molecule has 0 spiro atoms.